The largest absolute Gasteiger partial charge is 1.00 e. The highest BCUT2D eigenvalue weighted by atomic mass is 79.9. The van der Waals surface area contributed by atoms with Crippen molar-refractivity contribution >= 4 is 0 Å². The van der Waals surface area contributed by atoms with Gasteiger partial charge in [0.15, 0.2) is 0 Å². The first-order valence-corrected chi connectivity index (χ1v) is 3.55. The van der Waals surface area contributed by atoms with Crippen LogP contribution in [0.25, 0.3) is 0 Å². The van der Waals surface area contributed by atoms with Gasteiger partial charge >= 0.3 is 0 Å². The van der Waals surface area contributed by atoms with E-state index in [9.17, 15) is 0 Å². The van der Waals surface area contributed by atoms with Crippen molar-refractivity contribution in [3.8, 4) is 0 Å². The lowest BCUT2D eigenvalue weighted by atomic mass is 10.3. The molecule has 0 spiro atoms. The molecule has 0 saturated carbocycles. The van der Waals surface area contributed by atoms with E-state index in [0.717, 1.165) is 11.0 Å². The summed E-state index contributed by atoms with van der Waals surface area (Å²) < 4.78 is 1.07. The van der Waals surface area contributed by atoms with Crippen molar-refractivity contribution in [3.05, 3.63) is 12.7 Å². The molecule has 0 fully saturated rings. The quantitative estimate of drug-likeness (QED) is 0.396. The van der Waals surface area contributed by atoms with Crippen LogP contribution in [-0.4, -0.2) is 31.7 Å². The Hall–Kier alpha value is 0.180. The van der Waals surface area contributed by atoms with Crippen LogP contribution in [0.4, 0.5) is 0 Å². The molecule has 2 heteroatoms. The summed E-state index contributed by atoms with van der Waals surface area (Å²) in [4.78, 5) is 0. The van der Waals surface area contributed by atoms with Crippen LogP contribution in [0, 0.1) is 0 Å². The van der Waals surface area contributed by atoms with Gasteiger partial charge < -0.3 is 21.5 Å². The van der Waals surface area contributed by atoms with Crippen molar-refractivity contribution in [2.24, 2.45) is 0 Å². The van der Waals surface area contributed by atoms with Gasteiger partial charge in [0.25, 0.3) is 0 Å². The van der Waals surface area contributed by atoms with E-state index in [2.05, 4.69) is 27.6 Å². The fraction of sp³-hybridized carbons (Fsp3) is 0.750. The Bertz CT molecular complexity index is 89.3. The fourth-order valence-corrected chi connectivity index (χ4v) is 1.05. The summed E-state index contributed by atoms with van der Waals surface area (Å²) in [5.74, 6) is 0. The van der Waals surface area contributed by atoms with Gasteiger partial charge in [-0.25, -0.2) is 0 Å². The molecule has 0 radical (unpaired) electrons. The molecule has 0 unspecified atom stereocenters. The molecular weight excluding hydrogens is 190 g/mol. The summed E-state index contributed by atoms with van der Waals surface area (Å²) in [5.41, 5.74) is 0. The van der Waals surface area contributed by atoms with Crippen molar-refractivity contribution in [2.45, 2.75) is 13.3 Å². The number of rotatable bonds is 4. The predicted molar refractivity (Wildman–Crippen MR) is 42.3 cm³/mol. The number of halogens is 1. The van der Waals surface area contributed by atoms with Gasteiger partial charge in [0.2, 0.25) is 0 Å². The lowest BCUT2D eigenvalue weighted by Gasteiger charge is -2.27. The van der Waals surface area contributed by atoms with E-state index in [1.807, 2.05) is 6.08 Å². The first-order valence-electron chi connectivity index (χ1n) is 3.55. The summed E-state index contributed by atoms with van der Waals surface area (Å²) in [6, 6.07) is 0. The van der Waals surface area contributed by atoms with Crippen LogP contribution < -0.4 is 17.0 Å². The number of hydrogen-bond acceptors (Lipinski definition) is 0. The van der Waals surface area contributed by atoms with E-state index in [-0.39, 0.29) is 17.0 Å². The van der Waals surface area contributed by atoms with Crippen LogP contribution in [0.5, 0.6) is 0 Å². The molecule has 0 heterocycles. The zero-order valence-corrected chi connectivity index (χ0v) is 8.82. The minimum Gasteiger partial charge on any atom is -1.00 e. The molecular formula is C8H18BrN. The van der Waals surface area contributed by atoms with Gasteiger partial charge in [-0.3, -0.25) is 0 Å². The van der Waals surface area contributed by atoms with Crippen molar-refractivity contribution in [3.63, 3.8) is 0 Å². The van der Waals surface area contributed by atoms with Gasteiger partial charge in [-0.15, -0.1) is 0 Å². The van der Waals surface area contributed by atoms with Gasteiger partial charge in [-0.2, -0.15) is 0 Å². The number of hydrogen-bond donors (Lipinski definition) is 0. The Kier molecular flexibility index (Phi) is 7.60. The Morgan fingerprint density at radius 3 is 2.20 bits per heavy atom. The molecule has 0 saturated heterocycles. The summed E-state index contributed by atoms with van der Waals surface area (Å²) in [6.07, 6.45) is 3.23. The zero-order valence-electron chi connectivity index (χ0n) is 7.23. The highest BCUT2D eigenvalue weighted by Gasteiger charge is 2.08. The number of nitrogens with zero attached hydrogens (tertiary/aromatic N) is 1. The van der Waals surface area contributed by atoms with E-state index >= 15 is 0 Å². The molecule has 0 aliphatic rings. The lowest BCUT2D eigenvalue weighted by molar-refractivity contribution is -0.884. The predicted octanol–water partition coefficient (Wildman–Crippen LogP) is -1.34. The van der Waals surface area contributed by atoms with Crippen LogP contribution in [0.2, 0.25) is 0 Å². The Morgan fingerprint density at radius 2 is 1.90 bits per heavy atom. The minimum absolute atomic E-state index is 0. The van der Waals surface area contributed by atoms with Gasteiger partial charge in [-0.05, 0) is 12.5 Å². The lowest BCUT2D eigenvalue weighted by Crippen LogP contribution is -3.00. The van der Waals surface area contributed by atoms with E-state index in [1.54, 1.807) is 0 Å². The Morgan fingerprint density at radius 1 is 1.40 bits per heavy atom. The molecule has 0 amide bonds. The molecule has 0 bridgehead atoms. The van der Waals surface area contributed by atoms with E-state index < -0.39 is 0 Å². The molecule has 0 N–H and O–H groups in total. The third kappa shape index (κ3) is 6.30. The fourth-order valence-electron chi connectivity index (χ4n) is 1.05. The van der Waals surface area contributed by atoms with E-state index in [4.69, 9.17) is 0 Å². The molecule has 0 aromatic heterocycles. The maximum Gasteiger partial charge on any atom is 0.0966 e. The van der Waals surface area contributed by atoms with Crippen molar-refractivity contribution < 1.29 is 21.5 Å². The maximum absolute atomic E-state index is 3.71. The van der Waals surface area contributed by atoms with Gasteiger partial charge in [0.05, 0.1) is 27.2 Å². The molecule has 0 aromatic rings. The summed E-state index contributed by atoms with van der Waals surface area (Å²) >= 11 is 0. The third-order valence-electron chi connectivity index (χ3n) is 1.45. The first kappa shape index (κ1) is 12.8. The molecule has 0 rings (SSSR count). The molecule has 0 aliphatic carbocycles. The highest BCUT2D eigenvalue weighted by Crippen LogP contribution is 1.97. The van der Waals surface area contributed by atoms with Crippen LogP contribution in [0.1, 0.15) is 13.3 Å². The molecule has 10 heavy (non-hydrogen) atoms. The normalized spacial score (nSPS) is 10.3. The summed E-state index contributed by atoms with van der Waals surface area (Å²) in [6.45, 7) is 8.24. The van der Waals surface area contributed by atoms with E-state index in [0.29, 0.717) is 0 Å². The van der Waals surface area contributed by atoms with Gasteiger partial charge in [0.1, 0.15) is 0 Å². The van der Waals surface area contributed by atoms with Crippen LogP contribution >= 0.6 is 0 Å². The number of likely N-dealkylation sites (N-methyl/N-ethyl adjacent to an activating group) is 1. The van der Waals surface area contributed by atoms with Crippen molar-refractivity contribution in [2.75, 3.05) is 27.2 Å². The second-order valence-electron chi connectivity index (χ2n) is 3.13. The summed E-state index contributed by atoms with van der Waals surface area (Å²) in [5, 5.41) is 0. The second-order valence-corrected chi connectivity index (χ2v) is 3.13. The highest BCUT2D eigenvalue weighted by molar-refractivity contribution is 4.64. The first-order chi connectivity index (χ1) is 4.12. The van der Waals surface area contributed by atoms with Crippen LogP contribution in [-0.2, 0) is 0 Å². The van der Waals surface area contributed by atoms with Gasteiger partial charge in [0, 0.05) is 0 Å². The molecule has 0 aromatic carbocycles. The molecule has 62 valence electrons. The van der Waals surface area contributed by atoms with Crippen LogP contribution in [0.15, 0.2) is 12.7 Å². The second kappa shape index (κ2) is 5.93. The average Bonchev–Trinajstić information content (AvgIpc) is 1.64. The number of quaternary nitrogens is 1. The van der Waals surface area contributed by atoms with Gasteiger partial charge in [-0.1, -0.05) is 13.5 Å². The zero-order chi connectivity index (χ0) is 7.33. The van der Waals surface area contributed by atoms with Crippen LogP contribution in [0.3, 0.4) is 0 Å². The Labute approximate surface area is 75.1 Å². The summed E-state index contributed by atoms with van der Waals surface area (Å²) in [7, 11) is 4.45. The SMILES string of the molecule is C=CC[N+](C)(C)CCC.[Br-]. The van der Waals surface area contributed by atoms with E-state index in [1.165, 1.54) is 13.0 Å². The smallest absolute Gasteiger partial charge is 0.0966 e. The standard InChI is InChI=1S/C8H18N.BrH/c1-5-7-9(3,4)8-6-2;/h5H,1,6-8H2,2-4H3;1H/q+1;/p-1. The Balaban J connectivity index is 0. The monoisotopic (exact) mass is 207 g/mol. The third-order valence-corrected chi connectivity index (χ3v) is 1.45. The molecule has 0 aliphatic heterocycles. The molecule has 1 nitrogen and oxygen atoms in total. The topological polar surface area (TPSA) is 0 Å². The van der Waals surface area contributed by atoms with Crippen molar-refractivity contribution in [1.82, 2.24) is 0 Å². The molecule has 0 atom stereocenters. The maximum atomic E-state index is 3.71. The van der Waals surface area contributed by atoms with Crippen molar-refractivity contribution in [1.29, 1.82) is 0 Å². The average molecular weight is 208 g/mol. The minimum atomic E-state index is 0.